The van der Waals surface area contributed by atoms with Gasteiger partial charge in [-0.1, -0.05) is 12.8 Å². The molecule has 0 aromatic rings. The molecular weight excluding hydrogens is 204 g/mol. The van der Waals surface area contributed by atoms with Gasteiger partial charge in [0.15, 0.2) is 0 Å². The highest BCUT2D eigenvalue weighted by atomic mass is 16.5. The fourth-order valence-corrected chi connectivity index (χ4v) is 2.79. The fraction of sp³-hybridized carbons (Fsp3) is 0.917. The molecule has 0 bridgehead atoms. The van der Waals surface area contributed by atoms with Crippen LogP contribution < -0.4 is 5.73 Å². The van der Waals surface area contributed by atoms with Crippen molar-refractivity contribution < 1.29 is 9.53 Å². The van der Waals surface area contributed by atoms with Gasteiger partial charge in [0.1, 0.15) is 5.54 Å². The van der Waals surface area contributed by atoms with Crippen molar-refractivity contribution in [3.8, 4) is 0 Å². The van der Waals surface area contributed by atoms with Crippen molar-refractivity contribution in [2.75, 3.05) is 26.8 Å². The molecule has 1 aliphatic heterocycles. The molecule has 0 aromatic heterocycles. The monoisotopic (exact) mass is 226 g/mol. The molecule has 1 heterocycles. The van der Waals surface area contributed by atoms with Crippen LogP contribution in [-0.2, 0) is 9.53 Å². The Balaban J connectivity index is 1.88. The minimum absolute atomic E-state index is 0.0527. The maximum Gasteiger partial charge on any atom is 0.244 e. The molecule has 1 unspecified atom stereocenters. The van der Waals surface area contributed by atoms with E-state index in [-0.39, 0.29) is 5.91 Å². The molecule has 0 aromatic carbocycles. The van der Waals surface area contributed by atoms with E-state index in [1.807, 2.05) is 11.9 Å². The standard InChI is InChI=1S/C12H22N2O2/c1-14(8-10-4-2-3-5-10)11(15)12(13)6-7-16-9-12/h10H,2-9,13H2,1H3. The Morgan fingerprint density at radius 1 is 1.50 bits per heavy atom. The molecule has 1 atom stereocenters. The smallest absolute Gasteiger partial charge is 0.244 e. The predicted molar refractivity (Wildman–Crippen MR) is 61.9 cm³/mol. The van der Waals surface area contributed by atoms with Gasteiger partial charge >= 0.3 is 0 Å². The van der Waals surface area contributed by atoms with Gasteiger partial charge in [0.05, 0.1) is 6.61 Å². The van der Waals surface area contributed by atoms with Crippen molar-refractivity contribution in [2.45, 2.75) is 37.6 Å². The lowest BCUT2D eigenvalue weighted by Gasteiger charge is -2.29. The second-order valence-electron chi connectivity index (χ2n) is 5.29. The van der Waals surface area contributed by atoms with Crippen LogP contribution in [0.1, 0.15) is 32.1 Å². The second-order valence-corrected chi connectivity index (χ2v) is 5.29. The molecule has 2 fully saturated rings. The van der Waals surface area contributed by atoms with Crippen LogP contribution in [0, 0.1) is 5.92 Å². The van der Waals surface area contributed by atoms with Crippen LogP contribution in [0.2, 0.25) is 0 Å². The van der Waals surface area contributed by atoms with Crippen LogP contribution in [0.15, 0.2) is 0 Å². The highest BCUT2D eigenvalue weighted by Gasteiger charge is 2.40. The summed E-state index contributed by atoms with van der Waals surface area (Å²) >= 11 is 0. The van der Waals surface area contributed by atoms with E-state index in [9.17, 15) is 4.79 Å². The van der Waals surface area contributed by atoms with E-state index in [2.05, 4.69) is 0 Å². The number of nitrogens with two attached hydrogens (primary N) is 1. The Hall–Kier alpha value is -0.610. The van der Waals surface area contributed by atoms with Gasteiger partial charge in [-0.15, -0.1) is 0 Å². The van der Waals surface area contributed by atoms with Crippen molar-refractivity contribution in [3.05, 3.63) is 0 Å². The molecule has 0 radical (unpaired) electrons. The van der Waals surface area contributed by atoms with Gasteiger partial charge in [-0.25, -0.2) is 0 Å². The normalized spacial score (nSPS) is 30.9. The number of ether oxygens (including phenoxy) is 1. The topological polar surface area (TPSA) is 55.6 Å². The first-order valence-corrected chi connectivity index (χ1v) is 6.24. The molecule has 4 nitrogen and oxygen atoms in total. The zero-order valence-corrected chi connectivity index (χ0v) is 10.1. The number of hydrogen-bond acceptors (Lipinski definition) is 3. The SMILES string of the molecule is CN(CC1CCCC1)C(=O)C1(N)CCOC1. The van der Waals surface area contributed by atoms with Gasteiger partial charge < -0.3 is 15.4 Å². The fourth-order valence-electron chi connectivity index (χ4n) is 2.79. The third-order valence-corrected chi connectivity index (χ3v) is 3.83. The molecule has 2 N–H and O–H groups in total. The minimum atomic E-state index is -0.757. The molecule has 2 rings (SSSR count). The summed E-state index contributed by atoms with van der Waals surface area (Å²) in [5.74, 6) is 0.733. The van der Waals surface area contributed by atoms with Gasteiger partial charge in [0.2, 0.25) is 5.91 Å². The van der Waals surface area contributed by atoms with E-state index in [4.69, 9.17) is 10.5 Å². The Morgan fingerprint density at radius 2 is 2.19 bits per heavy atom. The van der Waals surface area contributed by atoms with E-state index in [0.29, 0.717) is 25.6 Å². The molecule has 0 spiro atoms. The Bertz CT molecular complexity index is 256. The highest BCUT2D eigenvalue weighted by Crippen LogP contribution is 2.26. The number of rotatable bonds is 3. The average molecular weight is 226 g/mol. The van der Waals surface area contributed by atoms with Gasteiger partial charge in [0, 0.05) is 20.2 Å². The molecule has 2 aliphatic rings. The van der Waals surface area contributed by atoms with Crippen LogP contribution in [0.5, 0.6) is 0 Å². The third kappa shape index (κ3) is 2.38. The van der Waals surface area contributed by atoms with E-state index in [1.165, 1.54) is 25.7 Å². The largest absolute Gasteiger partial charge is 0.379 e. The molecular formula is C12H22N2O2. The van der Waals surface area contributed by atoms with Crippen molar-refractivity contribution in [1.29, 1.82) is 0 Å². The van der Waals surface area contributed by atoms with Crippen LogP contribution in [0.4, 0.5) is 0 Å². The van der Waals surface area contributed by atoms with Gasteiger partial charge in [-0.2, -0.15) is 0 Å². The molecule has 1 amide bonds. The van der Waals surface area contributed by atoms with Gasteiger partial charge in [-0.05, 0) is 25.2 Å². The molecule has 92 valence electrons. The molecule has 1 saturated heterocycles. The van der Waals surface area contributed by atoms with Crippen molar-refractivity contribution in [1.82, 2.24) is 4.90 Å². The predicted octanol–water partition coefficient (Wildman–Crippen LogP) is 0.753. The Morgan fingerprint density at radius 3 is 2.75 bits per heavy atom. The summed E-state index contributed by atoms with van der Waals surface area (Å²) in [6.45, 7) is 1.85. The molecule has 1 saturated carbocycles. The number of carbonyl (C=O) groups excluding carboxylic acids is 1. The summed E-state index contributed by atoms with van der Waals surface area (Å²) in [6, 6.07) is 0. The first kappa shape index (κ1) is 11.9. The summed E-state index contributed by atoms with van der Waals surface area (Å²) in [7, 11) is 1.87. The third-order valence-electron chi connectivity index (χ3n) is 3.83. The summed E-state index contributed by atoms with van der Waals surface area (Å²) in [6.07, 6.45) is 5.78. The summed E-state index contributed by atoms with van der Waals surface area (Å²) < 4.78 is 5.23. The van der Waals surface area contributed by atoms with Crippen molar-refractivity contribution in [2.24, 2.45) is 11.7 Å². The zero-order valence-electron chi connectivity index (χ0n) is 10.1. The van der Waals surface area contributed by atoms with Crippen LogP contribution in [-0.4, -0.2) is 43.2 Å². The van der Waals surface area contributed by atoms with E-state index < -0.39 is 5.54 Å². The highest BCUT2D eigenvalue weighted by molar-refractivity contribution is 5.86. The van der Waals surface area contributed by atoms with Crippen molar-refractivity contribution >= 4 is 5.91 Å². The lowest BCUT2D eigenvalue weighted by atomic mass is 9.97. The Kier molecular flexibility index (Phi) is 3.50. The first-order chi connectivity index (χ1) is 7.62. The quantitative estimate of drug-likeness (QED) is 0.772. The number of nitrogens with zero attached hydrogens (tertiary/aromatic N) is 1. The first-order valence-electron chi connectivity index (χ1n) is 6.24. The lowest BCUT2D eigenvalue weighted by Crippen LogP contribution is -2.55. The van der Waals surface area contributed by atoms with Crippen LogP contribution >= 0.6 is 0 Å². The zero-order chi connectivity index (χ0) is 11.6. The molecule has 4 heteroatoms. The summed E-state index contributed by atoms with van der Waals surface area (Å²) in [5, 5.41) is 0. The Labute approximate surface area is 97.1 Å². The summed E-state index contributed by atoms with van der Waals surface area (Å²) in [5.41, 5.74) is 5.30. The number of carbonyl (C=O) groups is 1. The molecule has 16 heavy (non-hydrogen) atoms. The van der Waals surface area contributed by atoms with Crippen LogP contribution in [0.25, 0.3) is 0 Å². The maximum atomic E-state index is 12.2. The maximum absolute atomic E-state index is 12.2. The number of hydrogen-bond donors (Lipinski definition) is 1. The van der Waals surface area contributed by atoms with Crippen molar-refractivity contribution in [3.63, 3.8) is 0 Å². The molecule has 1 aliphatic carbocycles. The number of amides is 1. The van der Waals surface area contributed by atoms with Crippen LogP contribution in [0.3, 0.4) is 0 Å². The number of likely N-dealkylation sites (N-methyl/N-ethyl adjacent to an activating group) is 1. The van der Waals surface area contributed by atoms with E-state index >= 15 is 0 Å². The van der Waals surface area contributed by atoms with Gasteiger partial charge in [-0.3, -0.25) is 4.79 Å². The summed E-state index contributed by atoms with van der Waals surface area (Å²) in [4.78, 5) is 14.0. The van der Waals surface area contributed by atoms with E-state index in [0.717, 1.165) is 6.54 Å². The van der Waals surface area contributed by atoms with Gasteiger partial charge in [0.25, 0.3) is 0 Å². The van der Waals surface area contributed by atoms with E-state index in [1.54, 1.807) is 0 Å². The lowest BCUT2D eigenvalue weighted by molar-refractivity contribution is -0.136. The minimum Gasteiger partial charge on any atom is -0.379 e. The second kappa shape index (κ2) is 4.72. The average Bonchev–Trinajstić information content (AvgIpc) is 2.89.